The summed E-state index contributed by atoms with van der Waals surface area (Å²) in [6.45, 7) is -11.8. The molecular formula is C24H30Br2N4O2. The minimum Gasteiger partial charge on any atom is -0.491 e. The van der Waals surface area contributed by atoms with Gasteiger partial charge in [-0.3, -0.25) is 9.20 Å². The molecule has 0 aliphatic carbocycles. The number of unbranched alkanes of at least 4 members (excludes halogenated alkanes) is 1. The largest absolute Gasteiger partial charge is 0.491 e. The normalized spacial score (nSPS) is 17.8. The highest BCUT2D eigenvalue weighted by atomic mass is 79.9. The summed E-state index contributed by atoms with van der Waals surface area (Å²) < 4.78 is 85.3. The van der Waals surface area contributed by atoms with Crippen molar-refractivity contribution >= 4 is 43.4 Å². The van der Waals surface area contributed by atoms with Gasteiger partial charge in [-0.15, -0.1) is 0 Å². The standard InChI is InChI=1S/C24H30Br2N4O2/c1-4-7-10-20-21(30-13-8-11-27-24(30)28-20)22(31)17-15-18(25)23(19(26)16-17)32-14-9-12-29(5-2)6-3/h8,11,13,15-16H,4-7,9-10,12,14H2,1-3H3/i2D3,3D3,5D2,6D2. The summed E-state index contributed by atoms with van der Waals surface area (Å²) in [6, 6.07) is 4.87. The van der Waals surface area contributed by atoms with E-state index >= 15 is 0 Å². The molecule has 3 rings (SSSR count). The van der Waals surface area contributed by atoms with Crippen LogP contribution in [0.5, 0.6) is 5.75 Å². The Morgan fingerprint density at radius 1 is 1.25 bits per heavy atom. The van der Waals surface area contributed by atoms with Crippen LogP contribution >= 0.6 is 31.9 Å². The number of benzene rings is 1. The maximum atomic E-state index is 13.7. The third kappa shape index (κ3) is 5.77. The maximum absolute atomic E-state index is 13.7. The van der Waals surface area contributed by atoms with Gasteiger partial charge >= 0.3 is 0 Å². The molecule has 0 fully saturated rings. The maximum Gasteiger partial charge on any atom is 0.234 e. The van der Waals surface area contributed by atoms with Crippen LogP contribution in [0.25, 0.3) is 5.78 Å². The summed E-state index contributed by atoms with van der Waals surface area (Å²) in [4.78, 5) is 22.7. The van der Waals surface area contributed by atoms with Crippen molar-refractivity contribution in [2.75, 3.05) is 26.1 Å². The Kier molecular flexibility index (Phi) is 5.39. The summed E-state index contributed by atoms with van der Waals surface area (Å²) in [5, 5.41) is 0. The molecule has 0 N–H and O–H groups in total. The van der Waals surface area contributed by atoms with E-state index in [0.717, 1.165) is 12.8 Å². The fourth-order valence-corrected chi connectivity index (χ4v) is 4.61. The second kappa shape index (κ2) is 11.9. The molecule has 6 nitrogen and oxygen atoms in total. The zero-order chi connectivity index (χ0) is 31.7. The first-order chi connectivity index (χ1) is 19.3. The lowest BCUT2D eigenvalue weighted by Crippen LogP contribution is -2.25. The number of hydrogen-bond acceptors (Lipinski definition) is 5. The van der Waals surface area contributed by atoms with E-state index in [9.17, 15) is 4.79 Å². The van der Waals surface area contributed by atoms with Crippen LogP contribution in [0.4, 0.5) is 0 Å². The quantitative estimate of drug-likeness (QED) is 0.198. The molecule has 0 saturated carbocycles. The van der Waals surface area contributed by atoms with Crippen LogP contribution < -0.4 is 4.74 Å². The highest BCUT2D eigenvalue weighted by molar-refractivity contribution is 9.11. The van der Waals surface area contributed by atoms with E-state index in [1.54, 1.807) is 35.0 Å². The predicted molar refractivity (Wildman–Crippen MR) is 135 cm³/mol. The zero-order valence-electron chi connectivity index (χ0n) is 27.5. The average Bonchev–Trinajstić information content (AvgIpc) is 3.24. The minimum atomic E-state index is -3.31. The number of fused-ring (bicyclic) bond motifs is 1. The van der Waals surface area contributed by atoms with E-state index in [2.05, 4.69) is 41.8 Å². The second-order valence-corrected chi connectivity index (χ2v) is 8.68. The van der Waals surface area contributed by atoms with Crippen molar-refractivity contribution in [3.63, 3.8) is 0 Å². The Bertz CT molecular complexity index is 1380. The van der Waals surface area contributed by atoms with Crippen molar-refractivity contribution in [1.29, 1.82) is 0 Å². The minimum absolute atomic E-state index is 0.111. The Balaban J connectivity index is 1.81. The number of aryl methyl sites for hydroxylation is 1. The molecule has 0 aliphatic rings. The lowest BCUT2D eigenvalue weighted by atomic mass is 10.0. The number of aromatic nitrogens is 3. The summed E-state index contributed by atoms with van der Waals surface area (Å²) in [5.41, 5.74) is 1.39. The van der Waals surface area contributed by atoms with Gasteiger partial charge in [-0.2, -0.15) is 0 Å². The van der Waals surface area contributed by atoms with E-state index in [4.69, 9.17) is 18.4 Å². The van der Waals surface area contributed by atoms with Gasteiger partial charge in [-0.1, -0.05) is 27.0 Å². The number of hydrogen-bond donors (Lipinski definition) is 0. The third-order valence-electron chi connectivity index (χ3n) is 4.76. The highest BCUT2D eigenvalue weighted by Gasteiger charge is 2.23. The molecule has 1 aromatic carbocycles. The van der Waals surface area contributed by atoms with Crippen molar-refractivity contribution in [2.45, 2.75) is 46.3 Å². The lowest BCUT2D eigenvalue weighted by Gasteiger charge is -2.18. The molecule has 0 radical (unpaired) electrons. The van der Waals surface area contributed by atoms with Crippen LogP contribution in [0, 0.1) is 0 Å². The molecule has 172 valence electrons. The molecule has 8 heteroatoms. The van der Waals surface area contributed by atoms with Crippen molar-refractivity contribution in [1.82, 2.24) is 19.3 Å². The van der Waals surface area contributed by atoms with Crippen molar-refractivity contribution in [3.05, 3.63) is 56.5 Å². The molecule has 3 aromatic rings. The first-order valence-electron chi connectivity index (χ1n) is 15.1. The Labute approximate surface area is 220 Å². The lowest BCUT2D eigenvalue weighted by molar-refractivity contribution is 0.103. The monoisotopic (exact) mass is 574 g/mol. The smallest absolute Gasteiger partial charge is 0.234 e. The van der Waals surface area contributed by atoms with E-state index < -0.39 is 33.2 Å². The number of carbonyl (C=O) groups excluding carboxylic acids is 1. The van der Waals surface area contributed by atoms with E-state index in [1.165, 1.54) is 0 Å². The Hall–Kier alpha value is -1.77. The van der Waals surface area contributed by atoms with Gasteiger partial charge in [0.1, 0.15) is 11.4 Å². The molecule has 0 spiro atoms. The number of halogens is 2. The van der Waals surface area contributed by atoms with Gasteiger partial charge in [-0.05, 0) is 82.3 Å². The highest BCUT2D eigenvalue weighted by Crippen LogP contribution is 2.36. The number of nitrogens with zero attached hydrogens (tertiary/aromatic N) is 4. The van der Waals surface area contributed by atoms with Crippen LogP contribution in [0.3, 0.4) is 0 Å². The van der Waals surface area contributed by atoms with Crippen LogP contribution in [-0.4, -0.2) is 51.2 Å². The first kappa shape index (κ1) is 14.5. The summed E-state index contributed by atoms with van der Waals surface area (Å²) >= 11 is 6.83. The molecule has 2 aromatic heterocycles. The van der Waals surface area contributed by atoms with Crippen LogP contribution in [0.2, 0.25) is 0 Å². The SMILES string of the molecule is [2H]C([2H])([2H])C([2H])([2H])N(CCCOc1c(Br)cc(C(=O)c2c(CCCC)nc3ncccn23)cc1Br)C([2H])([2H])C([2H])([2H])[2H]. The van der Waals surface area contributed by atoms with Gasteiger partial charge in [0, 0.05) is 38.2 Å². The van der Waals surface area contributed by atoms with Gasteiger partial charge in [0.25, 0.3) is 0 Å². The van der Waals surface area contributed by atoms with Gasteiger partial charge < -0.3 is 9.64 Å². The van der Waals surface area contributed by atoms with Crippen LogP contribution in [-0.2, 0) is 6.42 Å². The van der Waals surface area contributed by atoms with Crippen molar-refractivity contribution in [3.8, 4) is 5.75 Å². The van der Waals surface area contributed by atoms with Crippen molar-refractivity contribution < 1.29 is 23.2 Å². The molecule has 32 heavy (non-hydrogen) atoms. The van der Waals surface area contributed by atoms with Crippen molar-refractivity contribution in [2.24, 2.45) is 0 Å². The molecule has 0 saturated heterocycles. The molecule has 0 amide bonds. The summed E-state index contributed by atoms with van der Waals surface area (Å²) in [5.74, 6) is 0.440. The van der Waals surface area contributed by atoms with E-state index in [-0.39, 0.29) is 23.7 Å². The molecule has 2 heterocycles. The fraction of sp³-hybridized carbons (Fsp3) is 0.458. The summed E-state index contributed by atoms with van der Waals surface area (Å²) in [7, 11) is 0. The second-order valence-electron chi connectivity index (χ2n) is 6.98. The Morgan fingerprint density at radius 2 is 2.00 bits per heavy atom. The topological polar surface area (TPSA) is 59.7 Å². The van der Waals surface area contributed by atoms with E-state index in [0.29, 0.717) is 43.8 Å². The predicted octanol–water partition coefficient (Wildman–Crippen LogP) is 5.94. The molecule has 0 atom stereocenters. The molecule has 0 unspecified atom stereocenters. The van der Waals surface area contributed by atoms with Gasteiger partial charge in [-0.25, -0.2) is 9.97 Å². The van der Waals surface area contributed by atoms with Gasteiger partial charge in [0.15, 0.2) is 0 Å². The number of imidazole rings is 1. The summed E-state index contributed by atoms with van der Waals surface area (Å²) in [6.07, 6.45) is 5.61. The number of ketones is 1. The number of carbonyl (C=O) groups is 1. The van der Waals surface area contributed by atoms with Crippen LogP contribution in [0.1, 0.15) is 75.3 Å². The Morgan fingerprint density at radius 3 is 2.69 bits per heavy atom. The number of rotatable bonds is 12. The van der Waals surface area contributed by atoms with E-state index in [1.807, 2.05) is 6.92 Å². The molecule has 0 bridgehead atoms. The number of ether oxygens (including phenoxy) is 1. The van der Waals surface area contributed by atoms with Gasteiger partial charge in [0.05, 0.1) is 21.2 Å². The fourth-order valence-electron chi connectivity index (χ4n) is 3.19. The van der Waals surface area contributed by atoms with Crippen LogP contribution in [0.15, 0.2) is 39.5 Å². The first-order valence-corrected chi connectivity index (χ1v) is 11.7. The zero-order valence-corrected chi connectivity index (χ0v) is 20.7. The molecule has 0 aliphatic heterocycles. The molecular weight excluding hydrogens is 536 g/mol. The van der Waals surface area contributed by atoms with Gasteiger partial charge in [0.2, 0.25) is 11.6 Å². The third-order valence-corrected chi connectivity index (χ3v) is 5.94. The average molecular weight is 576 g/mol.